The molecule has 8 nitrogen and oxygen atoms in total. The second-order valence-corrected chi connectivity index (χ2v) is 9.15. The Kier molecular flexibility index (Phi) is 6.66. The van der Waals surface area contributed by atoms with E-state index >= 15 is 0 Å². The van der Waals surface area contributed by atoms with Crippen LogP contribution in [0.25, 0.3) is 22.4 Å². The number of carbonyl (C=O) groups excluding carboxylic acids is 1. The Bertz CT molecular complexity index is 1380. The summed E-state index contributed by atoms with van der Waals surface area (Å²) in [5.41, 5.74) is 9.38. The van der Waals surface area contributed by atoms with Gasteiger partial charge in [-0.25, -0.2) is 9.97 Å². The molecule has 0 atom stereocenters. The number of aromatic nitrogens is 4. The molecule has 10 heteroatoms. The van der Waals surface area contributed by atoms with E-state index in [0.717, 1.165) is 12.0 Å². The van der Waals surface area contributed by atoms with Crippen LogP contribution in [-0.4, -0.2) is 56.9 Å². The summed E-state index contributed by atoms with van der Waals surface area (Å²) < 4.78 is 0. The SMILES string of the molecule is Nc1nc(N2CCN(C(=O)CCc3ccccc3)CC2)c2nc(-c3ccc(Cl)cc3Cl)cnc2n1. The smallest absolute Gasteiger partial charge is 0.224 e. The average Bonchev–Trinajstić information content (AvgIpc) is 2.87. The summed E-state index contributed by atoms with van der Waals surface area (Å²) in [4.78, 5) is 34.7. The number of piperazine rings is 1. The molecule has 0 radical (unpaired) electrons. The Morgan fingerprint density at radius 2 is 1.74 bits per heavy atom. The van der Waals surface area contributed by atoms with Crippen molar-refractivity contribution >= 4 is 52.0 Å². The van der Waals surface area contributed by atoms with Crippen molar-refractivity contribution in [3.05, 3.63) is 70.3 Å². The van der Waals surface area contributed by atoms with E-state index < -0.39 is 0 Å². The fraction of sp³-hybridized carbons (Fsp3) is 0.240. The normalized spacial score (nSPS) is 13.9. The zero-order valence-corrected chi connectivity index (χ0v) is 20.4. The Hall–Kier alpha value is -3.49. The van der Waals surface area contributed by atoms with Crippen LogP contribution in [0.4, 0.5) is 11.8 Å². The molecule has 35 heavy (non-hydrogen) atoms. The molecule has 178 valence electrons. The fourth-order valence-electron chi connectivity index (χ4n) is 4.18. The van der Waals surface area contributed by atoms with Gasteiger partial charge in [-0.05, 0) is 30.2 Å². The van der Waals surface area contributed by atoms with Crippen LogP contribution in [0.1, 0.15) is 12.0 Å². The zero-order valence-electron chi connectivity index (χ0n) is 18.9. The van der Waals surface area contributed by atoms with Gasteiger partial charge in [0.2, 0.25) is 11.9 Å². The van der Waals surface area contributed by atoms with Crippen molar-refractivity contribution in [3.8, 4) is 11.3 Å². The predicted octanol–water partition coefficient (Wildman–Crippen LogP) is 4.26. The minimum Gasteiger partial charge on any atom is -0.368 e. The number of rotatable bonds is 5. The highest BCUT2D eigenvalue weighted by Crippen LogP contribution is 2.31. The molecular weight excluding hydrogens is 485 g/mol. The molecule has 3 heterocycles. The quantitative estimate of drug-likeness (QED) is 0.430. The molecular formula is C25H23Cl2N7O. The molecule has 1 fully saturated rings. The predicted molar refractivity (Wildman–Crippen MR) is 139 cm³/mol. The number of nitrogen functional groups attached to an aromatic ring is 1. The number of hydrogen-bond acceptors (Lipinski definition) is 7. The number of benzene rings is 2. The molecule has 1 saturated heterocycles. The van der Waals surface area contributed by atoms with Crippen LogP contribution in [0.2, 0.25) is 10.0 Å². The van der Waals surface area contributed by atoms with Gasteiger partial charge < -0.3 is 15.5 Å². The van der Waals surface area contributed by atoms with E-state index in [4.69, 9.17) is 33.9 Å². The van der Waals surface area contributed by atoms with Crippen molar-refractivity contribution < 1.29 is 4.79 Å². The van der Waals surface area contributed by atoms with Crippen molar-refractivity contribution in [2.75, 3.05) is 36.8 Å². The van der Waals surface area contributed by atoms with Gasteiger partial charge in [0.1, 0.15) is 0 Å². The first kappa shape index (κ1) is 23.3. The summed E-state index contributed by atoms with van der Waals surface area (Å²) in [5.74, 6) is 0.879. The number of fused-ring (bicyclic) bond motifs is 1. The fourth-order valence-corrected chi connectivity index (χ4v) is 4.68. The zero-order chi connectivity index (χ0) is 24.4. The second kappa shape index (κ2) is 10.0. The highest BCUT2D eigenvalue weighted by molar-refractivity contribution is 6.36. The average molecular weight is 508 g/mol. The number of nitrogens with zero attached hydrogens (tertiary/aromatic N) is 6. The van der Waals surface area contributed by atoms with Crippen molar-refractivity contribution in [2.24, 2.45) is 0 Å². The molecule has 2 aromatic carbocycles. The Balaban J connectivity index is 1.34. The van der Waals surface area contributed by atoms with Gasteiger partial charge in [-0.2, -0.15) is 9.97 Å². The second-order valence-electron chi connectivity index (χ2n) is 8.31. The molecule has 0 spiro atoms. The van der Waals surface area contributed by atoms with Crippen LogP contribution in [0.5, 0.6) is 0 Å². The number of anilines is 2. The van der Waals surface area contributed by atoms with Crippen molar-refractivity contribution in [1.29, 1.82) is 0 Å². The molecule has 0 aliphatic carbocycles. The van der Waals surface area contributed by atoms with Crippen LogP contribution in [0, 0.1) is 0 Å². The molecule has 0 saturated carbocycles. The van der Waals surface area contributed by atoms with E-state index in [9.17, 15) is 4.79 Å². The first-order valence-corrected chi connectivity index (χ1v) is 12.1. The summed E-state index contributed by atoms with van der Waals surface area (Å²) in [5, 5.41) is 1.02. The summed E-state index contributed by atoms with van der Waals surface area (Å²) in [6.45, 7) is 2.40. The number of hydrogen-bond donors (Lipinski definition) is 1. The molecule has 4 aromatic rings. The maximum atomic E-state index is 12.8. The lowest BCUT2D eigenvalue weighted by Gasteiger charge is -2.35. The molecule has 0 bridgehead atoms. The summed E-state index contributed by atoms with van der Waals surface area (Å²) >= 11 is 12.4. The Morgan fingerprint density at radius 3 is 2.49 bits per heavy atom. The first-order chi connectivity index (χ1) is 17.0. The minimum atomic E-state index is 0.125. The summed E-state index contributed by atoms with van der Waals surface area (Å²) in [7, 11) is 0. The number of halogens is 2. The van der Waals surface area contributed by atoms with Gasteiger partial charge in [-0.3, -0.25) is 4.79 Å². The molecule has 1 aliphatic rings. The van der Waals surface area contributed by atoms with Gasteiger partial charge in [-0.15, -0.1) is 0 Å². The lowest BCUT2D eigenvalue weighted by atomic mass is 10.1. The Labute approximate surface area is 212 Å². The van der Waals surface area contributed by atoms with Crippen LogP contribution >= 0.6 is 23.2 Å². The molecule has 1 aliphatic heterocycles. The third kappa shape index (κ3) is 5.13. The van der Waals surface area contributed by atoms with Crippen LogP contribution in [-0.2, 0) is 11.2 Å². The third-order valence-electron chi connectivity index (χ3n) is 6.02. The van der Waals surface area contributed by atoms with Crippen molar-refractivity contribution in [2.45, 2.75) is 12.8 Å². The van der Waals surface area contributed by atoms with Crippen LogP contribution in [0.3, 0.4) is 0 Å². The first-order valence-electron chi connectivity index (χ1n) is 11.3. The Morgan fingerprint density at radius 1 is 0.971 bits per heavy atom. The van der Waals surface area contributed by atoms with Crippen molar-refractivity contribution in [1.82, 2.24) is 24.8 Å². The van der Waals surface area contributed by atoms with E-state index in [1.165, 1.54) is 0 Å². The highest BCUT2D eigenvalue weighted by atomic mass is 35.5. The van der Waals surface area contributed by atoms with Crippen molar-refractivity contribution in [3.63, 3.8) is 0 Å². The van der Waals surface area contributed by atoms with Gasteiger partial charge in [0.25, 0.3) is 0 Å². The van der Waals surface area contributed by atoms with E-state index in [2.05, 4.69) is 19.9 Å². The van der Waals surface area contributed by atoms with Gasteiger partial charge in [-0.1, -0.05) is 53.5 Å². The maximum Gasteiger partial charge on any atom is 0.224 e. The summed E-state index contributed by atoms with van der Waals surface area (Å²) in [6, 6.07) is 15.3. The molecule has 0 unspecified atom stereocenters. The lowest BCUT2D eigenvalue weighted by Crippen LogP contribution is -2.49. The molecule has 2 N–H and O–H groups in total. The van der Waals surface area contributed by atoms with Crippen LogP contribution in [0.15, 0.2) is 54.7 Å². The summed E-state index contributed by atoms with van der Waals surface area (Å²) in [6.07, 6.45) is 2.83. The lowest BCUT2D eigenvalue weighted by molar-refractivity contribution is -0.131. The minimum absolute atomic E-state index is 0.125. The van der Waals surface area contributed by atoms with Gasteiger partial charge in [0, 0.05) is 43.2 Å². The van der Waals surface area contributed by atoms with E-state index in [-0.39, 0.29) is 11.9 Å². The molecule has 2 aromatic heterocycles. The van der Waals surface area contributed by atoms with Gasteiger partial charge in [0.05, 0.1) is 16.9 Å². The number of carbonyl (C=O) groups is 1. The molecule has 1 amide bonds. The van der Waals surface area contributed by atoms with E-state index in [1.54, 1.807) is 24.4 Å². The largest absolute Gasteiger partial charge is 0.368 e. The number of aryl methyl sites for hydroxylation is 1. The topological polar surface area (TPSA) is 101 Å². The van der Waals surface area contributed by atoms with Gasteiger partial charge in [0.15, 0.2) is 17.0 Å². The van der Waals surface area contributed by atoms with E-state index in [1.807, 2.05) is 35.2 Å². The van der Waals surface area contributed by atoms with Crippen LogP contribution < -0.4 is 10.6 Å². The number of nitrogens with two attached hydrogens (primary N) is 1. The van der Waals surface area contributed by atoms with Gasteiger partial charge >= 0.3 is 0 Å². The highest BCUT2D eigenvalue weighted by Gasteiger charge is 2.24. The maximum absolute atomic E-state index is 12.8. The third-order valence-corrected chi connectivity index (χ3v) is 6.56. The molecule has 5 rings (SSSR count). The standard InChI is InChI=1S/C25H23Cl2N7O/c26-17-7-8-18(19(27)14-17)20-15-29-23-22(30-20)24(32-25(28)31-23)34-12-10-33(11-13-34)21(35)9-6-16-4-2-1-3-5-16/h1-5,7-8,14-15H,6,9-13H2,(H2,28,29,31,32). The monoisotopic (exact) mass is 507 g/mol. The van der Waals surface area contributed by atoms with E-state index in [0.29, 0.717) is 70.9 Å². The number of amides is 1.